The molecule has 0 saturated heterocycles. The monoisotopic (exact) mass is 679 g/mol. The van der Waals surface area contributed by atoms with Gasteiger partial charge in [0.05, 0.1) is 24.5 Å². The maximum Gasteiger partial charge on any atom is 0.407 e. The third-order valence-corrected chi connectivity index (χ3v) is 8.78. The molecule has 3 aromatic carbocycles. The normalized spacial score (nSPS) is 11.7. The second-order valence-corrected chi connectivity index (χ2v) is 13.1. The zero-order chi connectivity index (χ0) is 34.5. The number of rotatable bonds is 16. The molecule has 2 heterocycles. The van der Waals surface area contributed by atoms with Crippen LogP contribution in [0, 0.1) is 0 Å². The Balaban J connectivity index is 1.29. The first kappa shape index (κ1) is 34.9. The molecule has 254 valence electrons. The van der Waals surface area contributed by atoms with E-state index < -0.39 is 12.0 Å². The van der Waals surface area contributed by atoms with Crippen LogP contribution in [0.25, 0.3) is 0 Å². The minimum absolute atomic E-state index is 0.0718. The third kappa shape index (κ3) is 10.5. The fourth-order valence-electron chi connectivity index (χ4n) is 5.17. The van der Waals surface area contributed by atoms with Gasteiger partial charge in [-0.05, 0) is 45.6 Å². The second-order valence-electron chi connectivity index (χ2n) is 12.3. The maximum atomic E-state index is 14.3. The summed E-state index contributed by atoms with van der Waals surface area (Å²) in [7, 11) is 0. The SMILES string of the molecule is CC(C)(CNC(=O)CN(Cc1ccc(OCc2ccccc2)cc1)C(=O)[C@@H](CNC(=O)OCc1ccsc1)c1c[nH]cn1)c1ccccc1. The van der Waals surface area contributed by atoms with Crippen molar-refractivity contribution in [3.05, 3.63) is 142 Å². The van der Waals surface area contributed by atoms with Crippen molar-refractivity contribution in [3.8, 4) is 5.75 Å². The summed E-state index contributed by atoms with van der Waals surface area (Å²) in [6, 6.07) is 29.2. The molecule has 49 heavy (non-hydrogen) atoms. The molecule has 0 radical (unpaired) electrons. The first-order chi connectivity index (χ1) is 23.8. The van der Waals surface area contributed by atoms with Gasteiger partial charge in [0.25, 0.3) is 0 Å². The van der Waals surface area contributed by atoms with Gasteiger partial charge in [0.1, 0.15) is 19.0 Å². The molecule has 10 nitrogen and oxygen atoms in total. The predicted molar refractivity (Wildman–Crippen MR) is 189 cm³/mol. The highest BCUT2D eigenvalue weighted by Crippen LogP contribution is 2.23. The number of amides is 3. The van der Waals surface area contributed by atoms with E-state index in [1.54, 1.807) is 6.20 Å². The average Bonchev–Trinajstić information content (AvgIpc) is 3.86. The van der Waals surface area contributed by atoms with Gasteiger partial charge in [0.15, 0.2) is 0 Å². The number of H-pyrrole nitrogens is 1. The number of carbonyl (C=O) groups excluding carboxylic acids is 3. The van der Waals surface area contributed by atoms with Gasteiger partial charge >= 0.3 is 6.09 Å². The molecule has 11 heteroatoms. The molecule has 0 aliphatic carbocycles. The van der Waals surface area contributed by atoms with Crippen LogP contribution in [-0.2, 0) is 39.5 Å². The standard InChI is InChI=1S/C38H41N5O5S/c1-38(2,31-11-7-4-8-12-31)26-41-35(44)22-43(21-28-13-15-32(16-14-28)47-23-29-9-5-3-6-10-29)36(45)33(34-20-39-27-42-34)19-40-37(46)48-24-30-17-18-49-25-30/h3-18,20,25,27,33H,19,21-24,26H2,1-2H3,(H,39,42)(H,40,46)(H,41,44)/t33-/m0/s1. The Kier molecular flexibility index (Phi) is 12.2. The van der Waals surface area contributed by atoms with Gasteiger partial charge in [-0.1, -0.05) is 86.6 Å². The van der Waals surface area contributed by atoms with Crippen molar-refractivity contribution in [1.29, 1.82) is 0 Å². The molecular weight excluding hydrogens is 639 g/mol. The number of nitrogens with one attached hydrogen (secondary N) is 3. The Morgan fingerprint density at radius 2 is 1.61 bits per heavy atom. The number of imidazole rings is 1. The Labute approximate surface area is 290 Å². The van der Waals surface area contributed by atoms with E-state index in [1.807, 2.05) is 102 Å². The van der Waals surface area contributed by atoms with E-state index in [4.69, 9.17) is 9.47 Å². The lowest BCUT2D eigenvalue weighted by Crippen LogP contribution is -2.46. The lowest BCUT2D eigenvalue weighted by molar-refractivity contribution is -0.138. The number of benzene rings is 3. The Morgan fingerprint density at radius 3 is 2.29 bits per heavy atom. The fraction of sp³-hybridized carbons (Fsp3) is 0.263. The van der Waals surface area contributed by atoms with Crippen LogP contribution in [0.4, 0.5) is 4.79 Å². The molecule has 5 rings (SSSR count). The second kappa shape index (κ2) is 17.1. The van der Waals surface area contributed by atoms with E-state index in [9.17, 15) is 14.4 Å². The number of nitrogens with zero attached hydrogens (tertiary/aromatic N) is 2. The number of hydrogen-bond donors (Lipinski definition) is 3. The number of carbonyl (C=O) groups is 3. The first-order valence-corrected chi connectivity index (χ1v) is 17.0. The van der Waals surface area contributed by atoms with Crippen LogP contribution >= 0.6 is 11.3 Å². The lowest BCUT2D eigenvalue weighted by Gasteiger charge is -2.29. The van der Waals surface area contributed by atoms with Crippen molar-refractivity contribution in [3.63, 3.8) is 0 Å². The van der Waals surface area contributed by atoms with E-state index in [1.165, 1.54) is 22.6 Å². The summed E-state index contributed by atoms with van der Waals surface area (Å²) in [5.74, 6) is -0.857. The van der Waals surface area contributed by atoms with E-state index >= 15 is 0 Å². The zero-order valence-electron chi connectivity index (χ0n) is 27.6. The minimum atomic E-state index is -0.873. The van der Waals surface area contributed by atoms with Crippen LogP contribution in [0.3, 0.4) is 0 Å². The predicted octanol–water partition coefficient (Wildman–Crippen LogP) is 6.18. The molecule has 0 fully saturated rings. The maximum absolute atomic E-state index is 14.3. The quantitative estimate of drug-likeness (QED) is 0.114. The summed E-state index contributed by atoms with van der Waals surface area (Å²) in [6.07, 6.45) is 2.43. The molecule has 0 aliphatic heterocycles. The van der Waals surface area contributed by atoms with Crippen LogP contribution in [0.1, 0.15) is 47.7 Å². The molecule has 1 atom stereocenters. The number of aromatic nitrogens is 2. The summed E-state index contributed by atoms with van der Waals surface area (Å²) in [6.45, 7) is 4.93. The zero-order valence-corrected chi connectivity index (χ0v) is 28.5. The molecule has 3 N–H and O–H groups in total. The van der Waals surface area contributed by atoms with Crippen molar-refractivity contribution in [2.45, 2.75) is 44.9 Å². The Morgan fingerprint density at radius 1 is 0.878 bits per heavy atom. The summed E-state index contributed by atoms with van der Waals surface area (Å²) in [5.41, 5.74) is 3.94. The molecule has 5 aromatic rings. The van der Waals surface area contributed by atoms with E-state index in [-0.39, 0.29) is 43.5 Å². The van der Waals surface area contributed by atoms with Crippen LogP contribution in [0.5, 0.6) is 5.75 Å². The Hall–Kier alpha value is -5.42. The van der Waals surface area contributed by atoms with Gasteiger partial charge in [0.2, 0.25) is 11.8 Å². The number of hydrogen-bond acceptors (Lipinski definition) is 7. The third-order valence-electron chi connectivity index (χ3n) is 8.05. The fourth-order valence-corrected chi connectivity index (χ4v) is 5.82. The molecule has 0 unspecified atom stereocenters. The van der Waals surface area contributed by atoms with Gasteiger partial charge in [-0.2, -0.15) is 11.3 Å². The average molecular weight is 680 g/mol. The summed E-state index contributed by atoms with van der Waals surface area (Å²) in [4.78, 5) is 49.0. The highest BCUT2D eigenvalue weighted by molar-refractivity contribution is 7.07. The van der Waals surface area contributed by atoms with E-state index in [0.29, 0.717) is 24.6 Å². The molecule has 0 spiro atoms. The van der Waals surface area contributed by atoms with Gasteiger partial charge < -0.3 is 30.0 Å². The Bertz CT molecular complexity index is 1750. The van der Waals surface area contributed by atoms with Gasteiger partial charge in [-0.25, -0.2) is 9.78 Å². The molecule has 0 aliphatic rings. The number of thiophene rings is 1. The van der Waals surface area contributed by atoms with Gasteiger partial charge in [-0.3, -0.25) is 9.59 Å². The highest BCUT2D eigenvalue weighted by Gasteiger charge is 2.30. The summed E-state index contributed by atoms with van der Waals surface area (Å²) in [5, 5.41) is 9.54. The van der Waals surface area contributed by atoms with Crippen molar-refractivity contribution in [2.75, 3.05) is 19.6 Å². The smallest absolute Gasteiger partial charge is 0.407 e. The number of ether oxygens (including phenoxy) is 2. The van der Waals surface area contributed by atoms with Crippen LogP contribution in [0.2, 0.25) is 0 Å². The molecule has 3 amide bonds. The summed E-state index contributed by atoms with van der Waals surface area (Å²) >= 11 is 1.51. The molecular formula is C38H41N5O5S. The largest absolute Gasteiger partial charge is 0.489 e. The molecule has 0 bridgehead atoms. The molecule has 0 saturated carbocycles. The number of aromatic amines is 1. The summed E-state index contributed by atoms with van der Waals surface area (Å²) < 4.78 is 11.3. The van der Waals surface area contributed by atoms with Crippen LogP contribution in [0.15, 0.2) is 114 Å². The first-order valence-electron chi connectivity index (χ1n) is 16.0. The van der Waals surface area contributed by atoms with E-state index in [0.717, 1.165) is 22.3 Å². The van der Waals surface area contributed by atoms with Crippen LogP contribution < -0.4 is 15.4 Å². The lowest BCUT2D eigenvalue weighted by atomic mass is 9.84. The van der Waals surface area contributed by atoms with Gasteiger partial charge in [0, 0.05) is 36.8 Å². The van der Waals surface area contributed by atoms with Crippen molar-refractivity contribution >= 4 is 29.2 Å². The van der Waals surface area contributed by atoms with Gasteiger partial charge in [-0.15, -0.1) is 0 Å². The minimum Gasteiger partial charge on any atom is -0.489 e. The van der Waals surface area contributed by atoms with Crippen molar-refractivity contribution < 1.29 is 23.9 Å². The van der Waals surface area contributed by atoms with Crippen molar-refractivity contribution in [2.24, 2.45) is 0 Å². The number of alkyl carbamates (subject to hydrolysis) is 1. The van der Waals surface area contributed by atoms with Crippen molar-refractivity contribution in [1.82, 2.24) is 25.5 Å². The highest BCUT2D eigenvalue weighted by atomic mass is 32.1. The van der Waals surface area contributed by atoms with Crippen LogP contribution in [-0.4, -0.2) is 52.4 Å². The topological polar surface area (TPSA) is 126 Å². The molecule has 2 aromatic heterocycles. The van der Waals surface area contributed by atoms with E-state index in [2.05, 4.69) is 34.4 Å².